The van der Waals surface area contributed by atoms with E-state index in [0.29, 0.717) is 18.4 Å². The molecule has 1 atom stereocenters. The summed E-state index contributed by atoms with van der Waals surface area (Å²) < 4.78 is 27.5. The third kappa shape index (κ3) is 3.85. The summed E-state index contributed by atoms with van der Waals surface area (Å²) >= 11 is 3.36. The Hall–Kier alpha value is -1.26. The molecule has 0 fully saturated rings. The van der Waals surface area contributed by atoms with Crippen molar-refractivity contribution in [2.75, 3.05) is 0 Å². The second-order valence-electron chi connectivity index (χ2n) is 4.50. The minimum atomic E-state index is -0.295. The maximum Gasteiger partial charge on any atom is 0.126 e. The second-order valence-corrected chi connectivity index (χ2v) is 5.35. The van der Waals surface area contributed by atoms with Crippen LogP contribution in [0, 0.1) is 11.6 Å². The van der Waals surface area contributed by atoms with Crippen LogP contribution in [0.1, 0.15) is 11.1 Å². The number of hydrogen-bond donors (Lipinski definition) is 1. The monoisotopic (exact) mass is 325 g/mol. The van der Waals surface area contributed by atoms with Gasteiger partial charge in [-0.2, -0.15) is 0 Å². The summed E-state index contributed by atoms with van der Waals surface area (Å²) in [6, 6.07) is 10.8. The number of benzene rings is 2. The van der Waals surface area contributed by atoms with Crippen molar-refractivity contribution in [2.24, 2.45) is 5.73 Å². The van der Waals surface area contributed by atoms with Gasteiger partial charge in [0.05, 0.1) is 0 Å². The zero-order valence-corrected chi connectivity index (χ0v) is 11.8. The lowest BCUT2D eigenvalue weighted by Crippen LogP contribution is -2.26. The van der Waals surface area contributed by atoms with Crippen LogP contribution in [0.3, 0.4) is 0 Å². The van der Waals surface area contributed by atoms with E-state index in [2.05, 4.69) is 15.9 Å². The van der Waals surface area contributed by atoms with E-state index in [-0.39, 0.29) is 17.7 Å². The van der Waals surface area contributed by atoms with E-state index in [1.165, 1.54) is 18.2 Å². The number of hydrogen-bond acceptors (Lipinski definition) is 1. The summed E-state index contributed by atoms with van der Waals surface area (Å²) in [5, 5.41) is 0. The van der Waals surface area contributed by atoms with Crippen molar-refractivity contribution in [2.45, 2.75) is 18.9 Å². The SMILES string of the molecule is NC(Cc1ccccc1F)Cc1cc(F)ccc1Br. The zero-order valence-electron chi connectivity index (χ0n) is 10.2. The fraction of sp³-hybridized carbons (Fsp3) is 0.200. The van der Waals surface area contributed by atoms with Gasteiger partial charge < -0.3 is 5.73 Å². The summed E-state index contributed by atoms with van der Waals surface area (Å²) in [6.07, 6.45) is 0.919. The molecule has 0 radical (unpaired) electrons. The molecule has 0 bridgehead atoms. The van der Waals surface area contributed by atoms with Crippen molar-refractivity contribution in [3.8, 4) is 0 Å². The fourth-order valence-electron chi connectivity index (χ4n) is 2.00. The maximum absolute atomic E-state index is 13.5. The molecule has 0 saturated heterocycles. The van der Waals surface area contributed by atoms with E-state index in [1.807, 2.05) is 0 Å². The highest BCUT2D eigenvalue weighted by molar-refractivity contribution is 9.10. The topological polar surface area (TPSA) is 26.0 Å². The Morgan fingerprint density at radius 3 is 2.42 bits per heavy atom. The van der Waals surface area contributed by atoms with Crippen LogP contribution in [0.4, 0.5) is 8.78 Å². The smallest absolute Gasteiger partial charge is 0.126 e. The van der Waals surface area contributed by atoms with Crippen LogP contribution in [0.5, 0.6) is 0 Å². The molecule has 19 heavy (non-hydrogen) atoms. The summed E-state index contributed by atoms with van der Waals surface area (Å²) in [7, 11) is 0. The van der Waals surface area contributed by atoms with Gasteiger partial charge in [-0.1, -0.05) is 34.1 Å². The van der Waals surface area contributed by atoms with Gasteiger partial charge in [0.25, 0.3) is 0 Å². The normalized spacial score (nSPS) is 12.4. The Kier molecular flexibility index (Phi) is 4.66. The number of halogens is 3. The van der Waals surface area contributed by atoms with Gasteiger partial charge in [-0.05, 0) is 48.2 Å². The largest absolute Gasteiger partial charge is 0.327 e. The highest BCUT2D eigenvalue weighted by Gasteiger charge is 2.11. The van der Waals surface area contributed by atoms with Crippen molar-refractivity contribution < 1.29 is 8.78 Å². The van der Waals surface area contributed by atoms with E-state index < -0.39 is 0 Å². The van der Waals surface area contributed by atoms with Gasteiger partial charge in [-0.3, -0.25) is 0 Å². The Morgan fingerprint density at radius 2 is 1.68 bits per heavy atom. The molecule has 1 unspecified atom stereocenters. The van der Waals surface area contributed by atoms with Gasteiger partial charge in [0.2, 0.25) is 0 Å². The molecular weight excluding hydrogens is 312 g/mol. The highest BCUT2D eigenvalue weighted by Crippen LogP contribution is 2.20. The van der Waals surface area contributed by atoms with E-state index in [9.17, 15) is 8.78 Å². The van der Waals surface area contributed by atoms with Crippen LogP contribution in [-0.4, -0.2) is 6.04 Å². The Morgan fingerprint density at radius 1 is 1.00 bits per heavy atom. The van der Waals surface area contributed by atoms with E-state index in [4.69, 9.17) is 5.73 Å². The standard InChI is InChI=1S/C15H14BrF2N/c16-14-6-5-12(17)7-11(14)9-13(19)8-10-3-1-2-4-15(10)18/h1-7,13H,8-9,19H2. The first-order valence-electron chi connectivity index (χ1n) is 5.99. The Labute approximate surface area is 119 Å². The van der Waals surface area contributed by atoms with Gasteiger partial charge in [0, 0.05) is 10.5 Å². The molecule has 0 spiro atoms. The lowest BCUT2D eigenvalue weighted by Gasteiger charge is -2.13. The van der Waals surface area contributed by atoms with Crippen molar-refractivity contribution in [3.05, 3.63) is 69.7 Å². The third-order valence-corrected chi connectivity index (χ3v) is 3.70. The zero-order chi connectivity index (χ0) is 13.8. The summed E-state index contributed by atoms with van der Waals surface area (Å²) in [5.74, 6) is -0.549. The summed E-state index contributed by atoms with van der Waals surface area (Å²) in [4.78, 5) is 0. The fourth-order valence-corrected chi connectivity index (χ4v) is 2.41. The quantitative estimate of drug-likeness (QED) is 0.908. The molecule has 0 aliphatic carbocycles. The highest BCUT2D eigenvalue weighted by atomic mass is 79.9. The molecule has 100 valence electrons. The van der Waals surface area contributed by atoms with Crippen LogP contribution >= 0.6 is 15.9 Å². The van der Waals surface area contributed by atoms with Crippen molar-refractivity contribution in [3.63, 3.8) is 0 Å². The summed E-state index contributed by atoms with van der Waals surface area (Å²) in [6.45, 7) is 0. The molecule has 2 aromatic rings. The molecule has 0 aliphatic rings. The molecule has 0 amide bonds. The average molecular weight is 326 g/mol. The van der Waals surface area contributed by atoms with Crippen LogP contribution in [-0.2, 0) is 12.8 Å². The van der Waals surface area contributed by atoms with Crippen LogP contribution in [0.2, 0.25) is 0 Å². The van der Waals surface area contributed by atoms with Gasteiger partial charge in [-0.15, -0.1) is 0 Å². The van der Waals surface area contributed by atoms with Crippen molar-refractivity contribution >= 4 is 15.9 Å². The molecule has 1 nitrogen and oxygen atoms in total. The maximum atomic E-state index is 13.5. The Bertz CT molecular complexity index is 572. The lowest BCUT2D eigenvalue weighted by molar-refractivity contribution is 0.581. The number of nitrogens with two attached hydrogens (primary N) is 1. The first kappa shape index (κ1) is 14.2. The van der Waals surface area contributed by atoms with Crippen LogP contribution in [0.25, 0.3) is 0 Å². The minimum absolute atomic E-state index is 0.253. The summed E-state index contributed by atoms with van der Waals surface area (Å²) in [5.41, 5.74) is 7.40. The second kappa shape index (κ2) is 6.26. The molecule has 0 aromatic heterocycles. The molecule has 0 aliphatic heterocycles. The number of rotatable bonds is 4. The van der Waals surface area contributed by atoms with Gasteiger partial charge in [0.1, 0.15) is 11.6 Å². The molecule has 4 heteroatoms. The first-order chi connectivity index (χ1) is 9.06. The predicted octanol–water partition coefficient (Wildman–Crippen LogP) is 3.84. The van der Waals surface area contributed by atoms with E-state index in [0.717, 1.165) is 10.0 Å². The lowest BCUT2D eigenvalue weighted by atomic mass is 9.99. The molecular formula is C15H14BrF2N. The molecule has 2 aromatic carbocycles. The van der Waals surface area contributed by atoms with Gasteiger partial charge in [0.15, 0.2) is 0 Å². The molecule has 0 heterocycles. The van der Waals surface area contributed by atoms with Crippen molar-refractivity contribution in [1.29, 1.82) is 0 Å². The molecule has 0 saturated carbocycles. The minimum Gasteiger partial charge on any atom is -0.327 e. The van der Waals surface area contributed by atoms with E-state index >= 15 is 0 Å². The van der Waals surface area contributed by atoms with Gasteiger partial charge >= 0.3 is 0 Å². The van der Waals surface area contributed by atoms with Crippen molar-refractivity contribution in [1.82, 2.24) is 0 Å². The van der Waals surface area contributed by atoms with Gasteiger partial charge in [-0.25, -0.2) is 8.78 Å². The third-order valence-electron chi connectivity index (χ3n) is 2.93. The average Bonchev–Trinajstić information content (AvgIpc) is 2.37. The van der Waals surface area contributed by atoms with Crippen LogP contribution in [0.15, 0.2) is 46.9 Å². The molecule has 2 rings (SSSR count). The van der Waals surface area contributed by atoms with Crippen LogP contribution < -0.4 is 5.73 Å². The molecule has 2 N–H and O–H groups in total. The van der Waals surface area contributed by atoms with E-state index in [1.54, 1.807) is 24.3 Å². The predicted molar refractivity (Wildman–Crippen MR) is 75.9 cm³/mol. The Balaban J connectivity index is 2.07. The first-order valence-corrected chi connectivity index (χ1v) is 6.78.